The Bertz CT molecular complexity index is 831. The Kier molecular flexibility index (Phi) is 9.60. The van der Waals surface area contributed by atoms with Crippen molar-refractivity contribution < 1.29 is 4.74 Å². The summed E-state index contributed by atoms with van der Waals surface area (Å²) in [5.74, 6) is 1.55. The van der Waals surface area contributed by atoms with Crippen LogP contribution in [0.2, 0.25) is 5.02 Å². The zero-order valence-electron chi connectivity index (χ0n) is 16.8. The van der Waals surface area contributed by atoms with E-state index < -0.39 is 0 Å². The summed E-state index contributed by atoms with van der Waals surface area (Å²) in [6.07, 6.45) is 5.20. The van der Waals surface area contributed by atoms with Crippen molar-refractivity contribution >= 4 is 47.2 Å². The van der Waals surface area contributed by atoms with Crippen LogP contribution >= 0.6 is 35.6 Å². The van der Waals surface area contributed by atoms with Crippen LogP contribution in [0.15, 0.2) is 59.6 Å². The first kappa shape index (κ1) is 23.3. The molecule has 1 aliphatic heterocycles. The maximum Gasteiger partial charge on any atom is 0.191 e. The highest BCUT2D eigenvalue weighted by Gasteiger charge is 2.07. The summed E-state index contributed by atoms with van der Waals surface area (Å²) < 4.78 is 5.19. The third kappa shape index (κ3) is 6.82. The van der Waals surface area contributed by atoms with Crippen molar-refractivity contribution in [2.45, 2.75) is 13.0 Å². The molecule has 1 heterocycles. The van der Waals surface area contributed by atoms with Gasteiger partial charge in [0.15, 0.2) is 5.96 Å². The molecule has 0 aliphatic carbocycles. The third-order valence-electron chi connectivity index (χ3n) is 4.75. The van der Waals surface area contributed by atoms with E-state index >= 15 is 0 Å². The largest absolute Gasteiger partial charge is 0.497 e. The first-order valence-corrected chi connectivity index (χ1v) is 9.83. The number of ether oxygens (including phenoxy) is 1. The molecule has 7 heteroatoms. The number of anilines is 1. The first-order valence-electron chi connectivity index (χ1n) is 9.45. The number of benzene rings is 2. The molecule has 0 atom stereocenters. The molecule has 0 amide bonds. The van der Waals surface area contributed by atoms with Crippen LogP contribution in [0, 0.1) is 0 Å². The summed E-state index contributed by atoms with van der Waals surface area (Å²) in [5, 5.41) is 7.41. The van der Waals surface area contributed by atoms with Crippen molar-refractivity contribution in [1.29, 1.82) is 0 Å². The van der Waals surface area contributed by atoms with E-state index in [4.69, 9.17) is 16.3 Å². The summed E-state index contributed by atoms with van der Waals surface area (Å²) in [6.45, 7) is 3.45. The molecule has 5 nitrogen and oxygen atoms in total. The average Bonchev–Trinajstić information content (AvgIpc) is 3.26. The number of methoxy groups -OCH3 is 1. The lowest BCUT2D eigenvalue weighted by molar-refractivity contribution is 0.414. The highest BCUT2D eigenvalue weighted by Crippen LogP contribution is 2.22. The van der Waals surface area contributed by atoms with E-state index in [0.717, 1.165) is 54.9 Å². The minimum atomic E-state index is 0. The molecule has 0 radical (unpaired) electrons. The molecule has 2 N–H and O–H groups in total. The van der Waals surface area contributed by atoms with Gasteiger partial charge in [-0.1, -0.05) is 42.0 Å². The van der Waals surface area contributed by atoms with Crippen molar-refractivity contribution in [1.82, 2.24) is 10.6 Å². The topological polar surface area (TPSA) is 48.9 Å². The summed E-state index contributed by atoms with van der Waals surface area (Å²) >= 11 is 6.30. The standard InChI is InChI=1S/C22H27ClN4O.HI/c1-24-22(25-12-11-18-7-10-20(28-2)15-21(18)23)26-16-17-5-8-19(9-6-17)27-13-3-4-14-27;/h3-10,15H,11-14,16H2,1-2H3,(H2,24,25,26);1H. The van der Waals surface area contributed by atoms with Gasteiger partial charge in [0.1, 0.15) is 5.75 Å². The number of nitrogens with one attached hydrogen (secondary N) is 2. The molecule has 0 spiro atoms. The predicted molar refractivity (Wildman–Crippen MR) is 133 cm³/mol. The normalized spacial score (nSPS) is 13.2. The molecule has 0 saturated carbocycles. The number of hydrogen-bond acceptors (Lipinski definition) is 3. The average molecular weight is 527 g/mol. The minimum absolute atomic E-state index is 0. The van der Waals surface area contributed by atoms with Crippen molar-refractivity contribution in [3.05, 3.63) is 70.8 Å². The van der Waals surface area contributed by atoms with Crippen LogP contribution in [-0.4, -0.2) is 39.8 Å². The Hall–Kier alpha value is -1.93. The molecule has 3 rings (SSSR count). The van der Waals surface area contributed by atoms with Crippen LogP contribution in [0.5, 0.6) is 5.75 Å². The van der Waals surface area contributed by atoms with Crippen molar-refractivity contribution in [3.63, 3.8) is 0 Å². The number of aliphatic imine (C=N–C) groups is 1. The fourth-order valence-corrected chi connectivity index (χ4v) is 3.36. The van der Waals surface area contributed by atoms with Gasteiger partial charge in [0.05, 0.1) is 7.11 Å². The van der Waals surface area contributed by atoms with Crippen molar-refractivity contribution in [2.75, 3.05) is 38.7 Å². The highest BCUT2D eigenvalue weighted by atomic mass is 127. The molecule has 0 bridgehead atoms. The number of halogens is 2. The van der Waals surface area contributed by atoms with Crippen LogP contribution in [-0.2, 0) is 13.0 Å². The number of rotatable bonds is 7. The van der Waals surface area contributed by atoms with Crippen LogP contribution in [0.25, 0.3) is 0 Å². The quantitative estimate of drug-likeness (QED) is 0.245. The minimum Gasteiger partial charge on any atom is -0.497 e. The summed E-state index contributed by atoms with van der Waals surface area (Å²) in [4.78, 5) is 6.62. The molecular formula is C22H28ClIN4O. The Balaban J connectivity index is 0.00000300. The Morgan fingerprint density at radius 3 is 2.45 bits per heavy atom. The van der Waals surface area contributed by atoms with E-state index in [1.54, 1.807) is 14.2 Å². The SMILES string of the molecule is CN=C(NCCc1ccc(OC)cc1Cl)NCc1ccc(N2CC=CC2)cc1.I. The highest BCUT2D eigenvalue weighted by molar-refractivity contribution is 14.0. The maximum absolute atomic E-state index is 6.30. The lowest BCUT2D eigenvalue weighted by Gasteiger charge is -2.18. The zero-order chi connectivity index (χ0) is 19.8. The Labute approximate surface area is 195 Å². The second-order valence-corrected chi connectivity index (χ2v) is 7.01. The first-order chi connectivity index (χ1) is 13.7. The fraction of sp³-hybridized carbons (Fsp3) is 0.318. The van der Waals surface area contributed by atoms with Gasteiger partial charge in [-0.2, -0.15) is 0 Å². The van der Waals surface area contributed by atoms with Gasteiger partial charge in [-0.3, -0.25) is 4.99 Å². The van der Waals surface area contributed by atoms with Crippen LogP contribution in [0.3, 0.4) is 0 Å². The van der Waals surface area contributed by atoms with Crippen LogP contribution in [0.1, 0.15) is 11.1 Å². The molecule has 0 unspecified atom stereocenters. The molecule has 2 aromatic carbocycles. The van der Waals surface area contributed by atoms with Gasteiger partial charge >= 0.3 is 0 Å². The van der Waals surface area contributed by atoms with E-state index in [0.29, 0.717) is 0 Å². The van der Waals surface area contributed by atoms with E-state index in [1.165, 1.54) is 11.3 Å². The molecule has 2 aromatic rings. The molecule has 0 saturated heterocycles. The summed E-state index contributed by atoms with van der Waals surface area (Å²) in [5.41, 5.74) is 3.56. The summed E-state index contributed by atoms with van der Waals surface area (Å²) in [7, 11) is 3.42. The smallest absolute Gasteiger partial charge is 0.191 e. The van der Waals surface area contributed by atoms with E-state index in [2.05, 4.69) is 56.9 Å². The molecule has 1 aliphatic rings. The van der Waals surface area contributed by atoms with Gasteiger partial charge in [-0.05, 0) is 41.8 Å². The molecule has 156 valence electrons. The van der Waals surface area contributed by atoms with Crippen LogP contribution < -0.4 is 20.3 Å². The molecular weight excluding hydrogens is 499 g/mol. The van der Waals surface area contributed by atoms with E-state index in [9.17, 15) is 0 Å². The monoisotopic (exact) mass is 526 g/mol. The Morgan fingerprint density at radius 2 is 1.83 bits per heavy atom. The fourth-order valence-electron chi connectivity index (χ4n) is 3.09. The second-order valence-electron chi connectivity index (χ2n) is 6.60. The van der Waals surface area contributed by atoms with E-state index in [-0.39, 0.29) is 24.0 Å². The van der Waals surface area contributed by atoms with Crippen molar-refractivity contribution in [2.24, 2.45) is 4.99 Å². The van der Waals surface area contributed by atoms with Gasteiger partial charge in [0.2, 0.25) is 0 Å². The molecule has 29 heavy (non-hydrogen) atoms. The number of guanidine groups is 1. The van der Waals surface area contributed by atoms with Gasteiger partial charge in [-0.25, -0.2) is 0 Å². The van der Waals surface area contributed by atoms with Gasteiger partial charge in [0, 0.05) is 43.9 Å². The van der Waals surface area contributed by atoms with E-state index in [1.807, 2.05) is 18.2 Å². The number of hydrogen-bond donors (Lipinski definition) is 2. The van der Waals surface area contributed by atoms with Gasteiger partial charge < -0.3 is 20.3 Å². The molecule has 0 fully saturated rings. The van der Waals surface area contributed by atoms with Crippen LogP contribution in [0.4, 0.5) is 5.69 Å². The zero-order valence-corrected chi connectivity index (χ0v) is 19.9. The van der Waals surface area contributed by atoms with Gasteiger partial charge in [-0.15, -0.1) is 24.0 Å². The lowest BCUT2D eigenvalue weighted by Crippen LogP contribution is -2.37. The predicted octanol–water partition coefficient (Wildman–Crippen LogP) is 4.25. The maximum atomic E-state index is 6.30. The van der Waals surface area contributed by atoms with Crippen molar-refractivity contribution in [3.8, 4) is 5.75 Å². The second kappa shape index (κ2) is 11.9. The summed E-state index contributed by atoms with van der Waals surface area (Å²) in [6, 6.07) is 14.4. The third-order valence-corrected chi connectivity index (χ3v) is 5.10. The molecule has 0 aromatic heterocycles. The number of nitrogens with zero attached hydrogens (tertiary/aromatic N) is 2. The lowest BCUT2D eigenvalue weighted by atomic mass is 10.1. The Morgan fingerprint density at radius 1 is 1.10 bits per heavy atom. The van der Waals surface area contributed by atoms with Gasteiger partial charge in [0.25, 0.3) is 0 Å².